The normalized spacial score (nSPS) is 22.7. The number of hydrogen-bond donors (Lipinski definition) is 7. The van der Waals surface area contributed by atoms with Crippen molar-refractivity contribution in [2.45, 2.75) is 108 Å². The fourth-order valence-electron chi connectivity index (χ4n) is 6.97. The van der Waals surface area contributed by atoms with Crippen molar-refractivity contribution in [3.05, 3.63) is 83.4 Å². The van der Waals surface area contributed by atoms with Gasteiger partial charge >= 0.3 is 0 Å². The van der Waals surface area contributed by atoms with E-state index in [0.717, 1.165) is 44.3 Å². The summed E-state index contributed by atoms with van der Waals surface area (Å²) in [6.07, 6.45) is 9.70. The van der Waals surface area contributed by atoms with Gasteiger partial charge in [-0.1, -0.05) is 86.7 Å². The average molecular weight is 758 g/mol. The topological polar surface area (TPSA) is 232 Å². The van der Waals surface area contributed by atoms with Crippen LogP contribution in [0.3, 0.4) is 0 Å². The second-order valence-electron chi connectivity index (χ2n) is 14.4. The van der Waals surface area contributed by atoms with Gasteiger partial charge in [0.05, 0.1) is 0 Å². The summed E-state index contributed by atoms with van der Waals surface area (Å²) in [4.78, 5) is 92.4. The predicted octanol–water partition coefficient (Wildman–Crippen LogP) is 1.84. The molecule has 0 saturated heterocycles. The van der Waals surface area contributed by atoms with Gasteiger partial charge in [-0.15, -0.1) is 0 Å². The Balaban J connectivity index is 1.61. The van der Waals surface area contributed by atoms with E-state index >= 15 is 0 Å². The van der Waals surface area contributed by atoms with Crippen LogP contribution in [0.15, 0.2) is 66.7 Å². The Hall–Kier alpha value is -5.37. The zero-order chi connectivity index (χ0) is 39.6. The van der Waals surface area contributed by atoms with Crippen LogP contribution in [0, 0.1) is 5.92 Å². The third-order valence-corrected chi connectivity index (χ3v) is 10.1. The van der Waals surface area contributed by atoms with Gasteiger partial charge in [0.2, 0.25) is 35.4 Å². The minimum absolute atomic E-state index is 0.0986. The van der Waals surface area contributed by atoms with Gasteiger partial charge in [0.15, 0.2) is 5.78 Å². The van der Waals surface area contributed by atoms with E-state index in [1.165, 1.54) is 0 Å². The number of unbranched alkanes of at least 4 members (excludes halogenated alkanes) is 1. The first kappa shape index (κ1) is 42.4. The number of nitrogens with one attached hydrogen (secondary N) is 5. The van der Waals surface area contributed by atoms with Crippen LogP contribution in [-0.2, 0) is 35.2 Å². The number of amides is 6. The maximum Gasteiger partial charge on any atom is 0.244 e. The molecule has 14 nitrogen and oxygen atoms in total. The molecule has 2 aromatic carbocycles. The summed E-state index contributed by atoms with van der Waals surface area (Å²) in [5.41, 5.74) is 12.9. The standard InChI is InChI=1S/C41H55N7O7/c42-23-9-7-16-32-40(54)48-34(25-27-11-3-1-4-12-27)41(55)47-33(26-28-17-19-30(20-18-28)37(51)29-13-5-2-6-14-29)39(53)44-24-10-8-15-31(38(43)52)45-35(49)21-22-36(50)46-32/h2,5-6,13-14,17-22,27,31-34H,1,3-4,7-12,15-16,23-26,42H2,(H2,43,52)(H,44,53)(H,45,49)(H,46,50)(H,47,55)(H,48,54)/t31?,32-,33+,34-/m0/s1. The average Bonchev–Trinajstić information content (AvgIpc) is 3.18. The Kier molecular flexibility index (Phi) is 17.0. The van der Waals surface area contributed by atoms with Crippen LogP contribution >= 0.6 is 0 Å². The first-order chi connectivity index (χ1) is 26.5. The van der Waals surface area contributed by atoms with Crippen molar-refractivity contribution in [3.63, 3.8) is 0 Å². The van der Waals surface area contributed by atoms with Gasteiger partial charge in [0.1, 0.15) is 24.2 Å². The molecule has 2 aromatic rings. The summed E-state index contributed by atoms with van der Waals surface area (Å²) < 4.78 is 0. The molecule has 0 spiro atoms. The third-order valence-electron chi connectivity index (χ3n) is 10.1. The summed E-state index contributed by atoms with van der Waals surface area (Å²) in [5, 5.41) is 13.8. The molecule has 0 radical (unpaired) electrons. The molecule has 1 unspecified atom stereocenters. The van der Waals surface area contributed by atoms with E-state index in [2.05, 4.69) is 26.6 Å². The highest BCUT2D eigenvalue weighted by molar-refractivity contribution is 6.09. The number of primary amides is 1. The summed E-state index contributed by atoms with van der Waals surface area (Å²) in [6.45, 7) is 0.591. The van der Waals surface area contributed by atoms with Gasteiger partial charge in [0.25, 0.3) is 0 Å². The Morgan fingerprint density at radius 2 is 1.25 bits per heavy atom. The van der Waals surface area contributed by atoms with Crippen molar-refractivity contribution in [3.8, 4) is 0 Å². The van der Waals surface area contributed by atoms with Crippen LogP contribution in [-0.4, -0.2) is 78.5 Å². The lowest BCUT2D eigenvalue weighted by atomic mass is 9.84. The zero-order valence-electron chi connectivity index (χ0n) is 31.4. The number of hydrogen-bond acceptors (Lipinski definition) is 8. The molecule has 1 saturated carbocycles. The van der Waals surface area contributed by atoms with Crippen molar-refractivity contribution < 1.29 is 33.6 Å². The Bertz CT molecular complexity index is 1660. The molecule has 0 bridgehead atoms. The van der Waals surface area contributed by atoms with E-state index in [9.17, 15) is 33.6 Å². The molecule has 14 heteroatoms. The molecule has 9 N–H and O–H groups in total. The first-order valence-corrected chi connectivity index (χ1v) is 19.4. The lowest BCUT2D eigenvalue weighted by Crippen LogP contribution is -2.57. The minimum atomic E-state index is -1.05. The SMILES string of the molecule is NCCCC[C@@H]1NC(=O)C=CC(=O)NC(C(N)=O)CCCCNC(=O)[C@@H](Cc2ccc(C(=O)c3ccccc3)cc2)NC(=O)[C@H](CC2CCCCC2)NC1=O. The van der Waals surface area contributed by atoms with Gasteiger partial charge < -0.3 is 38.1 Å². The van der Waals surface area contributed by atoms with Crippen molar-refractivity contribution in [2.75, 3.05) is 13.1 Å². The lowest BCUT2D eigenvalue weighted by molar-refractivity contribution is -0.133. The fraction of sp³-hybridized carbons (Fsp3) is 0.488. The molecule has 296 valence electrons. The van der Waals surface area contributed by atoms with Gasteiger partial charge in [-0.3, -0.25) is 33.6 Å². The number of nitrogens with two attached hydrogens (primary N) is 2. The Labute approximate surface area is 322 Å². The smallest absolute Gasteiger partial charge is 0.244 e. The number of carbonyl (C=O) groups is 7. The molecule has 1 fully saturated rings. The number of ketones is 1. The molecule has 4 rings (SSSR count). The van der Waals surface area contributed by atoms with Crippen LogP contribution in [0.2, 0.25) is 0 Å². The highest BCUT2D eigenvalue weighted by Gasteiger charge is 2.32. The van der Waals surface area contributed by atoms with Crippen LogP contribution in [0.4, 0.5) is 0 Å². The maximum absolute atomic E-state index is 14.2. The maximum atomic E-state index is 14.2. The molecule has 0 aromatic heterocycles. The second-order valence-corrected chi connectivity index (χ2v) is 14.4. The lowest BCUT2D eigenvalue weighted by Gasteiger charge is -2.29. The second kappa shape index (κ2) is 22.1. The first-order valence-electron chi connectivity index (χ1n) is 19.4. The van der Waals surface area contributed by atoms with E-state index in [1.807, 2.05) is 6.07 Å². The largest absolute Gasteiger partial charge is 0.368 e. The fourth-order valence-corrected chi connectivity index (χ4v) is 6.97. The molecular formula is C41H55N7O7. The summed E-state index contributed by atoms with van der Waals surface area (Å²) in [7, 11) is 0. The van der Waals surface area contributed by atoms with Crippen molar-refractivity contribution in [1.29, 1.82) is 0 Å². The van der Waals surface area contributed by atoms with Crippen molar-refractivity contribution >= 4 is 41.2 Å². The number of rotatable bonds is 11. The zero-order valence-corrected chi connectivity index (χ0v) is 31.4. The summed E-state index contributed by atoms with van der Waals surface area (Å²) >= 11 is 0. The van der Waals surface area contributed by atoms with E-state index in [4.69, 9.17) is 11.5 Å². The quantitative estimate of drug-likeness (QED) is 0.132. The Morgan fingerprint density at radius 1 is 0.636 bits per heavy atom. The van der Waals surface area contributed by atoms with Crippen molar-refractivity contribution in [1.82, 2.24) is 26.6 Å². The molecule has 1 aliphatic heterocycles. The molecular weight excluding hydrogens is 702 g/mol. The predicted molar refractivity (Wildman–Crippen MR) is 207 cm³/mol. The van der Waals surface area contributed by atoms with Crippen LogP contribution in [0.25, 0.3) is 0 Å². The van der Waals surface area contributed by atoms with Gasteiger partial charge in [-0.05, 0) is 63.0 Å². The molecule has 55 heavy (non-hydrogen) atoms. The van der Waals surface area contributed by atoms with E-state index in [-0.39, 0.29) is 37.5 Å². The van der Waals surface area contributed by atoms with Gasteiger partial charge in [0, 0.05) is 36.2 Å². The Morgan fingerprint density at radius 3 is 1.93 bits per heavy atom. The highest BCUT2D eigenvalue weighted by Crippen LogP contribution is 2.27. The van der Waals surface area contributed by atoms with E-state index in [1.54, 1.807) is 48.5 Å². The third kappa shape index (κ3) is 14.1. The summed E-state index contributed by atoms with van der Waals surface area (Å²) in [5.74, 6) is -3.71. The highest BCUT2D eigenvalue weighted by atomic mass is 16.2. The van der Waals surface area contributed by atoms with E-state index in [0.29, 0.717) is 55.3 Å². The van der Waals surface area contributed by atoms with E-state index < -0.39 is 59.6 Å². The molecule has 2 aliphatic rings. The minimum Gasteiger partial charge on any atom is -0.368 e. The molecule has 1 heterocycles. The molecule has 1 aliphatic carbocycles. The van der Waals surface area contributed by atoms with Gasteiger partial charge in [-0.2, -0.15) is 0 Å². The van der Waals surface area contributed by atoms with Crippen molar-refractivity contribution in [2.24, 2.45) is 17.4 Å². The molecule has 6 amide bonds. The number of benzene rings is 2. The molecule has 4 atom stereocenters. The summed E-state index contributed by atoms with van der Waals surface area (Å²) in [6, 6.07) is 11.7. The van der Waals surface area contributed by atoms with Gasteiger partial charge in [-0.25, -0.2) is 0 Å². The van der Waals surface area contributed by atoms with Crippen LogP contribution < -0.4 is 38.1 Å². The monoisotopic (exact) mass is 757 g/mol. The van der Waals surface area contributed by atoms with Crippen LogP contribution in [0.1, 0.15) is 98.5 Å². The number of carbonyl (C=O) groups excluding carboxylic acids is 7. The van der Waals surface area contributed by atoms with Crippen LogP contribution in [0.5, 0.6) is 0 Å².